The number of fused-ring (bicyclic) bond motifs is 1. The third-order valence-electron chi connectivity index (χ3n) is 3.18. The Balaban J connectivity index is 2.12. The predicted octanol–water partition coefficient (Wildman–Crippen LogP) is 2.96. The number of halogens is 1. The van der Waals surface area contributed by atoms with Crippen molar-refractivity contribution in [3.05, 3.63) is 35.3 Å². The number of nitrogens with one attached hydrogen (secondary N) is 2. The van der Waals surface area contributed by atoms with Crippen molar-refractivity contribution in [2.75, 3.05) is 13.6 Å². The minimum absolute atomic E-state index is 0.249. The molecule has 5 heteroatoms. The average molecular weight is 277 g/mol. The van der Waals surface area contributed by atoms with E-state index in [2.05, 4.69) is 22.5 Å². The zero-order valence-corrected chi connectivity index (χ0v) is 12.1. The largest absolute Gasteiger partial charge is 0.459 e. The summed E-state index contributed by atoms with van der Waals surface area (Å²) < 4.78 is 19.0. The van der Waals surface area contributed by atoms with E-state index in [0.717, 1.165) is 35.6 Å². The van der Waals surface area contributed by atoms with Gasteiger partial charge < -0.3 is 15.1 Å². The fourth-order valence-electron chi connectivity index (χ4n) is 2.04. The molecule has 1 aromatic heterocycles. The summed E-state index contributed by atoms with van der Waals surface area (Å²) in [6.45, 7) is 5.41. The van der Waals surface area contributed by atoms with Crippen molar-refractivity contribution in [1.82, 2.24) is 10.6 Å². The molecule has 0 aliphatic rings. The Morgan fingerprint density at radius 1 is 1.35 bits per heavy atom. The summed E-state index contributed by atoms with van der Waals surface area (Å²) in [5, 5.41) is 7.20. The number of aryl methyl sites for hydroxylation is 1. The van der Waals surface area contributed by atoms with Crippen LogP contribution in [0.3, 0.4) is 0 Å². The van der Waals surface area contributed by atoms with Crippen molar-refractivity contribution in [2.24, 2.45) is 4.99 Å². The number of hydrogen-bond donors (Lipinski definition) is 2. The number of nitrogens with zero attached hydrogens (tertiary/aromatic N) is 1. The highest BCUT2D eigenvalue weighted by atomic mass is 19.1. The fourth-order valence-corrected chi connectivity index (χ4v) is 2.04. The number of aliphatic imine (C=N–C) groups is 1. The van der Waals surface area contributed by atoms with E-state index in [-0.39, 0.29) is 5.82 Å². The molecule has 0 saturated carbocycles. The number of rotatable bonds is 4. The molecule has 0 saturated heterocycles. The summed E-state index contributed by atoms with van der Waals surface area (Å²) in [6.07, 6.45) is 1.03. The van der Waals surface area contributed by atoms with Crippen LogP contribution in [0.5, 0.6) is 0 Å². The molecular formula is C15H20FN3O. The summed E-state index contributed by atoms with van der Waals surface area (Å²) in [7, 11) is 1.73. The van der Waals surface area contributed by atoms with E-state index in [1.165, 1.54) is 12.1 Å². The lowest BCUT2D eigenvalue weighted by Crippen LogP contribution is -2.37. The molecule has 0 fully saturated rings. The molecule has 4 nitrogen and oxygen atoms in total. The molecule has 0 aliphatic heterocycles. The molecule has 1 heterocycles. The standard InChI is InChI=1S/C15H20FN3O/c1-4-7-18-15(17-3)19-9-14-10(2)12-8-11(16)5-6-13(12)20-14/h5-6,8H,4,7,9H2,1-3H3,(H2,17,18,19). The molecule has 2 rings (SSSR count). The van der Waals surface area contributed by atoms with Gasteiger partial charge in [0.25, 0.3) is 0 Å². The average Bonchev–Trinajstić information content (AvgIpc) is 2.76. The van der Waals surface area contributed by atoms with Gasteiger partial charge in [0, 0.05) is 24.5 Å². The van der Waals surface area contributed by atoms with Gasteiger partial charge in [0.1, 0.15) is 17.2 Å². The molecule has 0 radical (unpaired) electrons. The van der Waals surface area contributed by atoms with Gasteiger partial charge in [-0.2, -0.15) is 0 Å². The van der Waals surface area contributed by atoms with Crippen molar-refractivity contribution >= 4 is 16.9 Å². The van der Waals surface area contributed by atoms with Crippen LogP contribution < -0.4 is 10.6 Å². The normalized spacial score (nSPS) is 11.9. The van der Waals surface area contributed by atoms with Gasteiger partial charge in [-0.3, -0.25) is 4.99 Å². The molecule has 20 heavy (non-hydrogen) atoms. The molecule has 0 amide bonds. The van der Waals surface area contributed by atoms with Crippen LogP contribution in [0.4, 0.5) is 4.39 Å². The zero-order valence-electron chi connectivity index (χ0n) is 12.1. The summed E-state index contributed by atoms with van der Waals surface area (Å²) >= 11 is 0. The van der Waals surface area contributed by atoms with Gasteiger partial charge >= 0.3 is 0 Å². The molecular weight excluding hydrogens is 257 g/mol. The highest BCUT2D eigenvalue weighted by Gasteiger charge is 2.11. The maximum Gasteiger partial charge on any atom is 0.191 e. The van der Waals surface area contributed by atoms with Gasteiger partial charge in [-0.05, 0) is 31.5 Å². The van der Waals surface area contributed by atoms with Crippen LogP contribution in [0, 0.1) is 12.7 Å². The number of furan rings is 1. The van der Waals surface area contributed by atoms with Gasteiger partial charge in [0.05, 0.1) is 6.54 Å². The van der Waals surface area contributed by atoms with Crippen LogP contribution >= 0.6 is 0 Å². The van der Waals surface area contributed by atoms with Crippen molar-refractivity contribution in [2.45, 2.75) is 26.8 Å². The third-order valence-corrected chi connectivity index (χ3v) is 3.18. The molecule has 0 spiro atoms. The van der Waals surface area contributed by atoms with Crippen LogP contribution in [-0.4, -0.2) is 19.6 Å². The Bertz CT molecular complexity index is 619. The van der Waals surface area contributed by atoms with Gasteiger partial charge in [0.15, 0.2) is 5.96 Å². The first-order valence-electron chi connectivity index (χ1n) is 6.77. The van der Waals surface area contributed by atoms with Crippen molar-refractivity contribution in [3.63, 3.8) is 0 Å². The molecule has 108 valence electrons. The summed E-state index contributed by atoms with van der Waals surface area (Å²) in [5.41, 5.74) is 1.66. The van der Waals surface area contributed by atoms with E-state index in [9.17, 15) is 4.39 Å². The lowest BCUT2D eigenvalue weighted by Gasteiger charge is -2.10. The Kier molecular flexibility index (Phi) is 4.61. The summed E-state index contributed by atoms with van der Waals surface area (Å²) in [4.78, 5) is 4.13. The first kappa shape index (κ1) is 14.4. The fraction of sp³-hybridized carbons (Fsp3) is 0.400. The van der Waals surface area contributed by atoms with E-state index < -0.39 is 0 Å². The van der Waals surface area contributed by atoms with Crippen LogP contribution in [-0.2, 0) is 6.54 Å². The minimum Gasteiger partial charge on any atom is -0.459 e. The first-order valence-corrected chi connectivity index (χ1v) is 6.77. The molecule has 2 aromatic rings. The Morgan fingerprint density at radius 3 is 2.85 bits per heavy atom. The van der Waals surface area contributed by atoms with Gasteiger partial charge in [0.2, 0.25) is 0 Å². The van der Waals surface area contributed by atoms with Gasteiger partial charge in [-0.15, -0.1) is 0 Å². The zero-order chi connectivity index (χ0) is 14.5. The minimum atomic E-state index is -0.249. The lowest BCUT2D eigenvalue weighted by atomic mass is 10.1. The van der Waals surface area contributed by atoms with Crippen molar-refractivity contribution in [3.8, 4) is 0 Å². The first-order chi connectivity index (χ1) is 9.65. The highest BCUT2D eigenvalue weighted by Crippen LogP contribution is 2.25. The van der Waals surface area contributed by atoms with E-state index in [1.54, 1.807) is 13.1 Å². The Hall–Kier alpha value is -2.04. The molecule has 0 bridgehead atoms. The smallest absolute Gasteiger partial charge is 0.191 e. The van der Waals surface area contributed by atoms with Gasteiger partial charge in [-0.1, -0.05) is 6.92 Å². The Labute approximate surface area is 118 Å². The SMILES string of the molecule is CCCNC(=NC)NCc1oc2ccc(F)cc2c1C. The number of hydrogen-bond acceptors (Lipinski definition) is 2. The molecule has 1 aromatic carbocycles. The number of benzene rings is 1. The van der Waals surface area contributed by atoms with Crippen molar-refractivity contribution < 1.29 is 8.81 Å². The van der Waals surface area contributed by atoms with Crippen LogP contribution in [0.1, 0.15) is 24.7 Å². The monoisotopic (exact) mass is 277 g/mol. The molecule has 0 aliphatic carbocycles. The van der Waals surface area contributed by atoms with Crippen LogP contribution in [0.25, 0.3) is 11.0 Å². The van der Waals surface area contributed by atoms with E-state index in [4.69, 9.17) is 4.42 Å². The number of guanidine groups is 1. The molecule has 2 N–H and O–H groups in total. The quantitative estimate of drug-likeness (QED) is 0.667. The maximum atomic E-state index is 13.2. The Morgan fingerprint density at radius 2 is 2.15 bits per heavy atom. The van der Waals surface area contributed by atoms with E-state index in [1.807, 2.05) is 6.92 Å². The third kappa shape index (κ3) is 3.10. The second-order valence-electron chi connectivity index (χ2n) is 4.64. The van der Waals surface area contributed by atoms with Crippen LogP contribution in [0.15, 0.2) is 27.6 Å². The van der Waals surface area contributed by atoms with E-state index in [0.29, 0.717) is 12.1 Å². The molecule has 0 atom stereocenters. The predicted molar refractivity (Wildman–Crippen MR) is 79.4 cm³/mol. The van der Waals surface area contributed by atoms with Crippen LogP contribution in [0.2, 0.25) is 0 Å². The second kappa shape index (κ2) is 6.41. The highest BCUT2D eigenvalue weighted by molar-refractivity contribution is 5.83. The van der Waals surface area contributed by atoms with Crippen molar-refractivity contribution in [1.29, 1.82) is 0 Å². The second-order valence-corrected chi connectivity index (χ2v) is 4.64. The summed E-state index contributed by atoms with van der Waals surface area (Å²) in [6, 6.07) is 4.57. The van der Waals surface area contributed by atoms with Gasteiger partial charge in [-0.25, -0.2) is 4.39 Å². The molecule has 0 unspecified atom stereocenters. The topological polar surface area (TPSA) is 49.6 Å². The lowest BCUT2D eigenvalue weighted by molar-refractivity contribution is 0.534. The summed E-state index contributed by atoms with van der Waals surface area (Å²) in [5.74, 6) is 1.28. The van der Waals surface area contributed by atoms with E-state index >= 15 is 0 Å². The maximum absolute atomic E-state index is 13.2.